The molecule has 0 bridgehead atoms. The Morgan fingerprint density at radius 1 is 0.844 bits per heavy atom. The van der Waals surface area contributed by atoms with E-state index < -0.39 is 0 Å². The molecule has 0 fully saturated rings. The molecule has 2 aromatic rings. The minimum Gasteiger partial charge on any atom is -0.397 e. The van der Waals surface area contributed by atoms with Crippen LogP contribution in [-0.2, 0) is 14.4 Å². The summed E-state index contributed by atoms with van der Waals surface area (Å²) in [5.74, 6) is -0.119. The summed E-state index contributed by atoms with van der Waals surface area (Å²) >= 11 is 0. The van der Waals surface area contributed by atoms with Crippen molar-refractivity contribution in [1.82, 2.24) is 0 Å². The molecule has 0 aromatic heterocycles. The molecule has 4 N–H and O–H groups in total. The Labute approximate surface area is 190 Å². The van der Waals surface area contributed by atoms with Crippen molar-refractivity contribution in [3.05, 3.63) is 48.5 Å². The van der Waals surface area contributed by atoms with Crippen molar-refractivity contribution in [2.45, 2.75) is 52.4 Å². The number of hydrogen-bond donors (Lipinski definition) is 3. The molecule has 2 rings (SSSR count). The molecule has 0 atom stereocenters. The molecular weight excluding hydrogens is 404 g/mol. The molecule has 0 radical (unpaired) electrons. The van der Waals surface area contributed by atoms with Gasteiger partial charge in [0.1, 0.15) is 0 Å². The maximum absolute atomic E-state index is 12.2. The minimum atomic E-state index is -0.0728. The van der Waals surface area contributed by atoms with Gasteiger partial charge in [0.25, 0.3) is 0 Å². The zero-order valence-electron chi connectivity index (χ0n) is 19.2. The van der Waals surface area contributed by atoms with Crippen LogP contribution in [0.5, 0.6) is 0 Å². The molecule has 0 aliphatic carbocycles. The molecule has 7 nitrogen and oxygen atoms in total. The molecule has 2 aromatic carbocycles. The van der Waals surface area contributed by atoms with Crippen molar-refractivity contribution in [2.24, 2.45) is 5.92 Å². The van der Waals surface area contributed by atoms with Gasteiger partial charge >= 0.3 is 0 Å². The van der Waals surface area contributed by atoms with E-state index in [-0.39, 0.29) is 23.6 Å². The maximum Gasteiger partial charge on any atom is 0.229 e. The summed E-state index contributed by atoms with van der Waals surface area (Å²) in [6.45, 7) is 3.73. The van der Waals surface area contributed by atoms with Gasteiger partial charge in [-0.2, -0.15) is 0 Å². The zero-order valence-corrected chi connectivity index (χ0v) is 19.2. The molecule has 3 amide bonds. The Morgan fingerprint density at radius 2 is 1.41 bits per heavy atom. The van der Waals surface area contributed by atoms with E-state index in [1.807, 2.05) is 38.1 Å². The Balaban J connectivity index is 1.62. The van der Waals surface area contributed by atoms with Crippen molar-refractivity contribution < 1.29 is 14.4 Å². The molecule has 0 saturated carbocycles. The van der Waals surface area contributed by atoms with Crippen LogP contribution >= 0.6 is 0 Å². The maximum atomic E-state index is 12.2. The average Bonchev–Trinajstić information content (AvgIpc) is 2.77. The summed E-state index contributed by atoms with van der Waals surface area (Å²) < 4.78 is 0. The number of nitrogens with zero attached hydrogens (tertiary/aromatic N) is 1. The van der Waals surface area contributed by atoms with E-state index in [0.29, 0.717) is 29.9 Å². The first-order valence-electron chi connectivity index (χ1n) is 11.1. The van der Waals surface area contributed by atoms with Gasteiger partial charge in [0.15, 0.2) is 0 Å². The summed E-state index contributed by atoms with van der Waals surface area (Å²) in [5.41, 5.74) is 8.52. The second-order valence-corrected chi connectivity index (χ2v) is 8.20. The van der Waals surface area contributed by atoms with Gasteiger partial charge in [-0.05, 0) is 49.2 Å². The molecule has 0 aliphatic rings. The summed E-state index contributed by atoms with van der Waals surface area (Å²) in [7, 11) is 1.75. The van der Waals surface area contributed by atoms with E-state index in [9.17, 15) is 14.4 Å². The normalized spacial score (nSPS) is 10.6. The predicted octanol–water partition coefficient (Wildman–Crippen LogP) is 4.81. The highest BCUT2D eigenvalue weighted by Crippen LogP contribution is 2.19. The highest BCUT2D eigenvalue weighted by molar-refractivity contribution is 5.95. The quantitative estimate of drug-likeness (QED) is 0.346. The fourth-order valence-electron chi connectivity index (χ4n) is 3.25. The summed E-state index contributed by atoms with van der Waals surface area (Å²) in [6, 6.07) is 14.4. The summed E-state index contributed by atoms with van der Waals surface area (Å²) in [6.07, 6.45) is 4.17. The summed E-state index contributed by atoms with van der Waals surface area (Å²) in [5, 5.41) is 5.70. The van der Waals surface area contributed by atoms with Gasteiger partial charge in [0.05, 0.1) is 11.4 Å². The van der Waals surface area contributed by atoms with Crippen molar-refractivity contribution in [3.63, 3.8) is 0 Å². The number of rotatable bonds is 11. The molecular formula is C25H34N4O3. The Kier molecular flexibility index (Phi) is 9.73. The summed E-state index contributed by atoms with van der Waals surface area (Å²) in [4.78, 5) is 37.8. The lowest BCUT2D eigenvalue weighted by molar-refractivity contribution is -0.121. The smallest absolute Gasteiger partial charge is 0.229 e. The van der Waals surface area contributed by atoms with Crippen LogP contribution in [0.25, 0.3) is 0 Å². The van der Waals surface area contributed by atoms with E-state index in [4.69, 9.17) is 5.73 Å². The van der Waals surface area contributed by atoms with Gasteiger partial charge in [-0.3, -0.25) is 14.4 Å². The molecule has 7 heteroatoms. The van der Waals surface area contributed by atoms with Gasteiger partial charge < -0.3 is 21.3 Å². The SMILES string of the molecule is CC(C)C(=O)N(C)c1ccc(NC(=O)CCCCCCC(=O)Nc2ccccc2N)cc1. The van der Waals surface area contributed by atoms with E-state index in [1.54, 1.807) is 36.2 Å². The average molecular weight is 439 g/mol. The van der Waals surface area contributed by atoms with Gasteiger partial charge in [0, 0.05) is 37.2 Å². The Morgan fingerprint density at radius 3 is 1.97 bits per heavy atom. The van der Waals surface area contributed by atoms with Crippen LogP contribution in [0.2, 0.25) is 0 Å². The van der Waals surface area contributed by atoms with Crippen molar-refractivity contribution in [3.8, 4) is 0 Å². The van der Waals surface area contributed by atoms with E-state index in [1.165, 1.54) is 0 Å². The number of carbonyl (C=O) groups excluding carboxylic acids is 3. The number of carbonyl (C=O) groups is 3. The first kappa shape index (κ1) is 24.9. The fourth-order valence-corrected chi connectivity index (χ4v) is 3.25. The van der Waals surface area contributed by atoms with Gasteiger partial charge in [-0.25, -0.2) is 0 Å². The fraction of sp³-hybridized carbons (Fsp3) is 0.400. The van der Waals surface area contributed by atoms with Gasteiger partial charge in [0.2, 0.25) is 17.7 Å². The van der Waals surface area contributed by atoms with Crippen molar-refractivity contribution in [2.75, 3.05) is 28.3 Å². The lowest BCUT2D eigenvalue weighted by Gasteiger charge is -2.19. The third-order valence-electron chi connectivity index (χ3n) is 5.16. The van der Waals surface area contributed by atoms with Gasteiger partial charge in [-0.1, -0.05) is 38.8 Å². The van der Waals surface area contributed by atoms with Crippen LogP contribution in [-0.4, -0.2) is 24.8 Å². The number of nitrogens with one attached hydrogen (secondary N) is 2. The number of unbranched alkanes of at least 4 members (excludes halogenated alkanes) is 3. The number of benzene rings is 2. The van der Waals surface area contributed by atoms with Crippen LogP contribution in [0, 0.1) is 5.92 Å². The van der Waals surface area contributed by atoms with Crippen molar-refractivity contribution in [1.29, 1.82) is 0 Å². The molecule has 0 aliphatic heterocycles. The first-order valence-corrected chi connectivity index (χ1v) is 11.1. The molecule has 32 heavy (non-hydrogen) atoms. The predicted molar refractivity (Wildman–Crippen MR) is 131 cm³/mol. The van der Waals surface area contributed by atoms with Crippen LogP contribution < -0.4 is 21.3 Å². The largest absolute Gasteiger partial charge is 0.397 e. The van der Waals surface area contributed by atoms with Gasteiger partial charge in [-0.15, -0.1) is 0 Å². The minimum absolute atomic E-state index is 0.0401. The highest BCUT2D eigenvalue weighted by Gasteiger charge is 2.14. The number of amides is 3. The Bertz CT molecular complexity index is 910. The zero-order chi connectivity index (χ0) is 23.5. The Hall–Kier alpha value is -3.35. The number of hydrogen-bond acceptors (Lipinski definition) is 4. The van der Waals surface area contributed by atoms with E-state index in [0.717, 1.165) is 31.4 Å². The monoisotopic (exact) mass is 438 g/mol. The molecule has 172 valence electrons. The molecule has 0 heterocycles. The van der Waals surface area contributed by atoms with E-state index in [2.05, 4.69) is 10.6 Å². The standard InChI is InChI=1S/C25H34N4O3/c1-18(2)25(32)29(3)20-16-14-19(15-17-20)27-23(30)12-6-4-5-7-13-24(31)28-22-11-9-8-10-21(22)26/h8-11,14-18H,4-7,12-13,26H2,1-3H3,(H,27,30)(H,28,31). The number of nitrogens with two attached hydrogens (primary N) is 1. The van der Waals surface area contributed by atoms with Crippen molar-refractivity contribution >= 4 is 40.5 Å². The second kappa shape index (κ2) is 12.5. The first-order chi connectivity index (χ1) is 15.3. The molecule has 0 unspecified atom stereocenters. The number of anilines is 4. The van der Waals surface area contributed by atoms with Crippen LogP contribution in [0.4, 0.5) is 22.7 Å². The van der Waals surface area contributed by atoms with Crippen LogP contribution in [0.1, 0.15) is 52.4 Å². The third-order valence-corrected chi connectivity index (χ3v) is 5.16. The highest BCUT2D eigenvalue weighted by atomic mass is 16.2. The number of nitrogen functional groups attached to an aromatic ring is 1. The molecule has 0 saturated heterocycles. The third kappa shape index (κ3) is 8.06. The van der Waals surface area contributed by atoms with Crippen LogP contribution in [0.15, 0.2) is 48.5 Å². The van der Waals surface area contributed by atoms with Crippen LogP contribution in [0.3, 0.4) is 0 Å². The molecule has 0 spiro atoms. The lowest BCUT2D eigenvalue weighted by atomic mass is 10.1. The second-order valence-electron chi connectivity index (χ2n) is 8.20. The number of para-hydroxylation sites is 2. The topological polar surface area (TPSA) is 105 Å². The lowest BCUT2D eigenvalue weighted by Crippen LogP contribution is -2.30. The van der Waals surface area contributed by atoms with E-state index >= 15 is 0 Å².